The first-order chi connectivity index (χ1) is 31.6. The highest BCUT2D eigenvalue weighted by atomic mass is 16.4. The summed E-state index contributed by atoms with van der Waals surface area (Å²) in [5.41, 5.74) is -1.02. The van der Waals surface area contributed by atoms with E-state index >= 15 is 0 Å². The minimum atomic E-state index is -0.552. The van der Waals surface area contributed by atoms with Crippen molar-refractivity contribution >= 4 is 17.8 Å². The summed E-state index contributed by atoms with van der Waals surface area (Å²) in [6.45, 7) is 17.4. The molecular weight excluding hydrogens is 807 g/mol. The smallest absolute Gasteiger partial charge is 0.309 e. The van der Waals surface area contributed by atoms with E-state index in [1.807, 2.05) is 0 Å². The number of likely N-dealkylation sites (N-methyl/N-ethyl adjacent to an activating group) is 1. The molecule has 0 aromatic heterocycles. The molecule has 2 atom stereocenters. The van der Waals surface area contributed by atoms with E-state index in [9.17, 15) is 24.6 Å². The Hall–Kier alpha value is -1.67. The van der Waals surface area contributed by atoms with Crippen LogP contribution in [0.15, 0.2) is 0 Å². The highest BCUT2D eigenvalue weighted by Gasteiger charge is 2.37. The second kappa shape index (κ2) is 44.8. The summed E-state index contributed by atoms with van der Waals surface area (Å²) in [5.74, 6) is -0.889. The fourth-order valence-electron chi connectivity index (χ4n) is 10.0. The molecule has 386 valence electrons. The number of carboxylic acid groups (broad SMARTS) is 2. The standard InChI is InChI=1S/C57H113N3O5/c1-7-12-17-26-31-40-53(61)58-47-36-39-48-59(6)51-52-60(49-37-29-24-20-22-27-34-45-56(54(62)63,41-15-10-4)43-32-18-13-8-2)50-38-30-25-21-23-28-35-46-57(55(64)65,42-16-11-5)44-33-19-14-9-3/h7-52H2,1-6H3,(H,58,61)(H,62,63)(H,64,65). The molecule has 0 aliphatic heterocycles. The van der Waals surface area contributed by atoms with Gasteiger partial charge in [-0.05, 0) is 97.3 Å². The van der Waals surface area contributed by atoms with E-state index in [2.05, 4.69) is 56.8 Å². The van der Waals surface area contributed by atoms with Crippen LogP contribution < -0.4 is 5.32 Å². The highest BCUT2D eigenvalue weighted by molar-refractivity contribution is 5.76. The predicted molar refractivity (Wildman–Crippen MR) is 280 cm³/mol. The highest BCUT2D eigenvalue weighted by Crippen LogP contribution is 2.39. The summed E-state index contributed by atoms with van der Waals surface area (Å²) < 4.78 is 0. The Morgan fingerprint density at radius 2 is 0.692 bits per heavy atom. The van der Waals surface area contributed by atoms with Crippen LogP contribution in [0.25, 0.3) is 0 Å². The average Bonchev–Trinajstić information content (AvgIpc) is 3.29. The molecule has 0 aliphatic carbocycles. The van der Waals surface area contributed by atoms with Gasteiger partial charge in [0.05, 0.1) is 10.8 Å². The molecule has 0 spiro atoms. The molecule has 2 unspecified atom stereocenters. The number of amides is 1. The van der Waals surface area contributed by atoms with Crippen molar-refractivity contribution in [3.63, 3.8) is 0 Å². The monoisotopic (exact) mass is 920 g/mol. The third-order valence-electron chi connectivity index (χ3n) is 14.8. The third kappa shape index (κ3) is 35.2. The molecular formula is C57H113N3O5. The van der Waals surface area contributed by atoms with Gasteiger partial charge in [-0.1, -0.05) is 214 Å². The number of carboxylic acids is 2. The van der Waals surface area contributed by atoms with Gasteiger partial charge in [-0.25, -0.2) is 0 Å². The lowest BCUT2D eigenvalue weighted by Crippen LogP contribution is -2.35. The van der Waals surface area contributed by atoms with Crippen LogP contribution >= 0.6 is 0 Å². The first-order valence-electron chi connectivity index (χ1n) is 28.7. The zero-order chi connectivity index (χ0) is 48.1. The van der Waals surface area contributed by atoms with Crippen LogP contribution in [-0.2, 0) is 14.4 Å². The maximum atomic E-state index is 12.5. The predicted octanol–water partition coefficient (Wildman–Crippen LogP) is 16.2. The van der Waals surface area contributed by atoms with Crippen molar-refractivity contribution in [2.75, 3.05) is 46.3 Å². The van der Waals surface area contributed by atoms with E-state index in [0.717, 1.165) is 181 Å². The number of carbonyl (C=O) groups is 3. The van der Waals surface area contributed by atoms with E-state index in [-0.39, 0.29) is 5.91 Å². The summed E-state index contributed by atoms with van der Waals surface area (Å²) in [6, 6.07) is 0. The van der Waals surface area contributed by atoms with Crippen molar-refractivity contribution in [3.8, 4) is 0 Å². The van der Waals surface area contributed by atoms with Gasteiger partial charge in [-0.3, -0.25) is 14.4 Å². The van der Waals surface area contributed by atoms with Crippen LogP contribution in [0, 0.1) is 10.8 Å². The number of unbranched alkanes of at least 4 members (excludes halogenated alkanes) is 25. The molecule has 0 aliphatic rings. The van der Waals surface area contributed by atoms with Crippen molar-refractivity contribution < 1.29 is 24.6 Å². The number of hydrogen-bond acceptors (Lipinski definition) is 5. The number of hydrogen-bond donors (Lipinski definition) is 3. The zero-order valence-corrected chi connectivity index (χ0v) is 44.5. The summed E-state index contributed by atoms with van der Waals surface area (Å²) in [7, 11) is 2.25. The first kappa shape index (κ1) is 63.3. The molecule has 0 aromatic rings. The maximum Gasteiger partial charge on any atom is 0.309 e. The lowest BCUT2D eigenvalue weighted by molar-refractivity contribution is -0.151. The summed E-state index contributed by atoms with van der Waals surface area (Å²) in [5, 5.41) is 23.8. The Morgan fingerprint density at radius 3 is 1.09 bits per heavy atom. The molecule has 8 heteroatoms. The Labute approximate surface area is 404 Å². The van der Waals surface area contributed by atoms with Gasteiger partial charge in [0.25, 0.3) is 0 Å². The number of nitrogens with zero attached hydrogens (tertiary/aromatic N) is 2. The first-order valence-corrected chi connectivity index (χ1v) is 28.7. The molecule has 0 aromatic carbocycles. The van der Waals surface area contributed by atoms with Crippen molar-refractivity contribution in [1.29, 1.82) is 0 Å². The molecule has 8 nitrogen and oxygen atoms in total. The number of nitrogens with one attached hydrogen (secondary N) is 1. The van der Waals surface area contributed by atoms with Gasteiger partial charge in [0.15, 0.2) is 0 Å². The van der Waals surface area contributed by atoms with Crippen molar-refractivity contribution in [2.24, 2.45) is 10.8 Å². The Morgan fingerprint density at radius 1 is 0.369 bits per heavy atom. The van der Waals surface area contributed by atoms with E-state index < -0.39 is 22.8 Å². The molecule has 0 saturated carbocycles. The summed E-state index contributed by atoms with van der Waals surface area (Å²) in [6.07, 6.45) is 44.1. The van der Waals surface area contributed by atoms with Crippen molar-refractivity contribution in [1.82, 2.24) is 15.1 Å². The number of aliphatic carboxylic acids is 2. The molecule has 0 saturated heterocycles. The molecule has 0 heterocycles. The lowest BCUT2D eigenvalue weighted by Gasteiger charge is -2.30. The van der Waals surface area contributed by atoms with Crippen LogP contribution in [0.4, 0.5) is 0 Å². The SMILES string of the molecule is CCCCCCCC(=O)NCCCCN(C)CCN(CCCCCCCCCC(CCCC)(CCCCCC)C(=O)O)CCCCCCCCCC(CCCC)(CCCCCC)C(=O)O. The molecule has 0 rings (SSSR count). The minimum Gasteiger partial charge on any atom is -0.481 e. The van der Waals surface area contributed by atoms with Gasteiger partial charge in [-0.15, -0.1) is 0 Å². The van der Waals surface area contributed by atoms with Crippen LogP contribution in [0.1, 0.15) is 291 Å². The van der Waals surface area contributed by atoms with Gasteiger partial charge in [0.2, 0.25) is 5.91 Å². The maximum absolute atomic E-state index is 12.5. The van der Waals surface area contributed by atoms with E-state index in [1.165, 1.54) is 109 Å². The van der Waals surface area contributed by atoms with E-state index in [0.29, 0.717) is 6.42 Å². The normalized spacial score (nSPS) is 13.7. The Bertz CT molecular complexity index is 1030. The lowest BCUT2D eigenvalue weighted by atomic mass is 9.74. The molecule has 1 amide bonds. The Balaban J connectivity index is 4.84. The van der Waals surface area contributed by atoms with Crippen molar-refractivity contribution in [2.45, 2.75) is 291 Å². The summed E-state index contributed by atoms with van der Waals surface area (Å²) in [4.78, 5) is 42.5. The fourth-order valence-corrected chi connectivity index (χ4v) is 10.0. The van der Waals surface area contributed by atoms with Crippen LogP contribution in [-0.4, -0.2) is 84.2 Å². The molecule has 0 radical (unpaired) electrons. The van der Waals surface area contributed by atoms with Crippen molar-refractivity contribution in [3.05, 3.63) is 0 Å². The number of rotatable bonds is 52. The minimum absolute atomic E-state index is 0.215. The van der Waals surface area contributed by atoms with E-state index in [4.69, 9.17) is 0 Å². The Kier molecular flexibility index (Phi) is 43.7. The van der Waals surface area contributed by atoms with Gasteiger partial charge < -0.3 is 25.3 Å². The zero-order valence-electron chi connectivity index (χ0n) is 44.5. The fraction of sp³-hybridized carbons (Fsp3) is 0.947. The molecule has 65 heavy (non-hydrogen) atoms. The van der Waals surface area contributed by atoms with E-state index in [1.54, 1.807) is 0 Å². The molecule has 3 N–H and O–H groups in total. The van der Waals surface area contributed by atoms with Crippen LogP contribution in [0.3, 0.4) is 0 Å². The number of carbonyl (C=O) groups excluding carboxylic acids is 1. The second-order valence-electron chi connectivity index (χ2n) is 20.8. The summed E-state index contributed by atoms with van der Waals surface area (Å²) >= 11 is 0. The second-order valence-corrected chi connectivity index (χ2v) is 20.8. The van der Waals surface area contributed by atoms with Gasteiger partial charge in [0.1, 0.15) is 0 Å². The average molecular weight is 921 g/mol. The topological polar surface area (TPSA) is 110 Å². The van der Waals surface area contributed by atoms with Gasteiger partial charge >= 0.3 is 11.9 Å². The van der Waals surface area contributed by atoms with Gasteiger partial charge in [-0.2, -0.15) is 0 Å². The quantitative estimate of drug-likeness (QED) is 0.0521. The van der Waals surface area contributed by atoms with Crippen LogP contribution in [0.5, 0.6) is 0 Å². The largest absolute Gasteiger partial charge is 0.481 e. The molecule has 0 bridgehead atoms. The van der Waals surface area contributed by atoms with Crippen LogP contribution in [0.2, 0.25) is 0 Å². The third-order valence-corrected chi connectivity index (χ3v) is 14.8. The van der Waals surface area contributed by atoms with Gasteiger partial charge in [0, 0.05) is 26.1 Å². The molecule has 0 fully saturated rings.